The number of aromatic nitrogens is 1. The summed E-state index contributed by atoms with van der Waals surface area (Å²) >= 11 is 0. The number of pyridine rings is 1. The second-order valence-corrected chi connectivity index (χ2v) is 11.2. The lowest BCUT2D eigenvalue weighted by Crippen LogP contribution is -2.39. The van der Waals surface area contributed by atoms with Crippen LogP contribution in [0, 0.1) is 30.9 Å². The second-order valence-electron chi connectivity index (χ2n) is 9.21. The molecule has 0 N–H and O–H groups in total. The average molecular weight is 495 g/mol. The molecule has 1 saturated heterocycles. The summed E-state index contributed by atoms with van der Waals surface area (Å²) in [5, 5.41) is 11.4. The normalized spacial score (nSPS) is 16.7. The maximum Gasteiger partial charge on any atom is 0.289 e. The summed E-state index contributed by atoms with van der Waals surface area (Å²) in [5.74, 6) is 0. The van der Waals surface area contributed by atoms with Crippen molar-refractivity contribution in [2.24, 2.45) is 0 Å². The number of sulfonamides is 1. The molecule has 0 bridgehead atoms. The van der Waals surface area contributed by atoms with E-state index in [0.29, 0.717) is 19.5 Å². The maximum absolute atomic E-state index is 13.2. The zero-order valence-electron chi connectivity index (χ0n) is 20.4. The molecular formula is C26H30N4O4S. The number of hydrogen-bond donors (Lipinski definition) is 0. The molecule has 1 aliphatic heterocycles. The van der Waals surface area contributed by atoms with Gasteiger partial charge in [0.1, 0.15) is 0 Å². The van der Waals surface area contributed by atoms with Crippen molar-refractivity contribution in [2.45, 2.75) is 44.7 Å². The number of rotatable bonds is 7. The molecule has 0 saturated carbocycles. The molecule has 0 spiro atoms. The van der Waals surface area contributed by atoms with Crippen molar-refractivity contribution in [2.75, 3.05) is 20.1 Å². The van der Waals surface area contributed by atoms with E-state index in [0.717, 1.165) is 23.4 Å². The first-order valence-electron chi connectivity index (χ1n) is 11.5. The van der Waals surface area contributed by atoms with Crippen LogP contribution >= 0.6 is 0 Å². The second kappa shape index (κ2) is 9.85. The van der Waals surface area contributed by atoms with E-state index in [1.807, 2.05) is 12.3 Å². The molecule has 1 atom stereocenters. The van der Waals surface area contributed by atoms with Crippen LogP contribution in [0.25, 0.3) is 11.3 Å². The largest absolute Gasteiger partial charge is 0.297 e. The fourth-order valence-corrected chi connectivity index (χ4v) is 6.13. The third-order valence-electron chi connectivity index (χ3n) is 6.93. The Morgan fingerprint density at radius 3 is 2.49 bits per heavy atom. The molecule has 35 heavy (non-hydrogen) atoms. The summed E-state index contributed by atoms with van der Waals surface area (Å²) in [7, 11) is -2.49. The van der Waals surface area contributed by atoms with Crippen molar-refractivity contribution in [3.05, 3.63) is 87.1 Å². The van der Waals surface area contributed by atoms with Gasteiger partial charge in [0.05, 0.1) is 10.6 Å². The third-order valence-corrected chi connectivity index (χ3v) is 8.89. The molecular weight excluding hydrogens is 464 g/mol. The molecule has 4 rings (SSSR count). The van der Waals surface area contributed by atoms with Gasteiger partial charge >= 0.3 is 0 Å². The van der Waals surface area contributed by atoms with Crippen LogP contribution in [-0.2, 0) is 16.6 Å². The molecule has 1 aliphatic rings. The Balaban J connectivity index is 1.48. The van der Waals surface area contributed by atoms with Crippen LogP contribution in [-0.4, -0.2) is 53.7 Å². The molecule has 3 aromatic rings. The van der Waals surface area contributed by atoms with Gasteiger partial charge in [0.25, 0.3) is 5.69 Å². The van der Waals surface area contributed by atoms with E-state index in [2.05, 4.69) is 48.9 Å². The Morgan fingerprint density at radius 1 is 1.11 bits per heavy atom. The highest BCUT2D eigenvalue weighted by Crippen LogP contribution is 2.29. The van der Waals surface area contributed by atoms with Crippen molar-refractivity contribution >= 4 is 15.7 Å². The SMILES string of the molecule is Cc1cc(-c2cc(CN3CC[C@H](N(C)S(=O)(=O)c4ccccc4[N+](=O)[O-])C3)ccn2)cc(C)c1C. The minimum Gasteiger partial charge on any atom is -0.297 e. The number of likely N-dealkylation sites (tertiary alicyclic amines) is 1. The highest BCUT2D eigenvalue weighted by molar-refractivity contribution is 7.89. The fraction of sp³-hybridized carbons (Fsp3) is 0.346. The molecule has 0 aliphatic carbocycles. The number of para-hydroxylation sites is 1. The third kappa shape index (κ3) is 5.12. The van der Waals surface area contributed by atoms with E-state index in [4.69, 9.17) is 0 Å². The lowest BCUT2D eigenvalue weighted by molar-refractivity contribution is -0.387. The summed E-state index contributed by atoms with van der Waals surface area (Å²) in [4.78, 5) is 17.2. The zero-order chi connectivity index (χ0) is 25.3. The number of aryl methyl sites for hydroxylation is 2. The van der Waals surface area contributed by atoms with Gasteiger partial charge in [0.2, 0.25) is 10.0 Å². The van der Waals surface area contributed by atoms with Gasteiger partial charge in [-0.1, -0.05) is 12.1 Å². The Kier molecular flexibility index (Phi) is 7.02. The highest BCUT2D eigenvalue weighted by atomic mass is 32.2. The van der Waals surface area contributed by atoms with E-state index in [9.17, 15) is 18.5 Å². The van der Waals surface area contributed by atoms with Crippen molar-refractivity contribution in [1.82, 2.24) is 14.2 Å². The standard InChI is InChI=1S/C26H30N4O4S/c1-18-13-22(14-19(2)20(18)3)24-15-21(9-11-27-24)16-29-12-10-23(17-29)28(4)35(33,34)26-8-6-5-7-25(26)30(31)32/h5-9,11,13-15,23H,10,12,16-17H2,1-4H3/t23-/m0/s1. The first kappa shape index (κ1) is 25.0. The number of nitro benzene ring substituents is 1. The van der Waals surface area contributed by atoms with Gasteiger partial charge in [0, 0.05) is 50.6 Å². The summed E-state index contributed by atoms with van der Waals surface area (Å²) in [6.45, 7) is 8.30. The zero-order valence-corrected chi connectivity index (χ0v) is 21.2. The average Bonchev–Trinajstić information content (AvgIpc) is 3.30. The van der Waals surface area contributed by atoms with Crippen LogP contribution in [0.5, 0.6) is 0 Å². The molecule has 8 nitrogen and oxygen atoms in total. The first-order chi connectivity index (χ1) is 16.6. The Labute approximate surface area is 206 Å². The molecule has 184 valence electrons. The van der Waals surface area contributed by atoms with E-state index >= 15 is 0 Å². The highest BCUT2D eigenvalue weighted by Gasteiger charge is 2.36. The van der Waals surface area contributed by atoms with Crippen molar-refractivity contribution in [1.29, 1.82) is 0 Å². The molecule has 1 aromatic heterocycles. The van der Waals surface area contributed by atoms with E-state index in [-0.39, 0.29) is 10.9 Å². The molecule has 0 amide bonds. The predicted molar refractivity (Wildman–Crippen MR) is 136 cm³/mol. The lowest BCUT2D eigenvalue weighted by atomic mass is 9.98. The molecule has 1 fully saturated rings. The Morgan fingerprint density at radius 2 is 1.80 bits per heavy atom. The summed E-state index contributed by atoms with van der Waals surface area (Å²) < 4.78 is 27.7. The quantitative estimate of drug-likeness (QED) is 0.355. The van der Waals surface area contributed by atoms with Gasteiger partial charge in [-0.15, -0.1) is 0 Å². The van der Waals surface area contributed by atoms with Crippen LogP contribution in [0.3, 0.4) is 0 Å². The van der Waals surface area contributed by atoms with Crippen LogP contribution in [0.4, 0.5) is 5.69 Å². The van der Waals surface area contributed by atoms with Gasteiger partial charge in [0.15, 0.2) is 4.90 Å². The number of hydrogen-bond acceptors (Lipinski definition) is 6. The molecule has 0 radical (unpaired) electrons. The smallest absolute Gasteiger partial charge is 0.289 e. The van der Waals surface area contributed by atoms with Crippen molar-refractivity contribution in [3.8, 4) is 11.3 Å². The van der Waals surface area contributed by atoms with Crippen molar-refractivity contribution < 1.29 is 13.3 Å². The minimum atomic E-state index is -3.99. The van der Waals surface area contributed by atoms with Crippen LogP contribution in [0.2, 0.25) is 0 Å². The lowest BCUT2D eigenvalue weighted by Gasteiger charge is -2.24. The monoisotopic (exact) mass is 494 g/mol. The summed E-state index contributed by atoms with van der Waals surface area (Å²) in [5.41, 5.74) is 6.46. The minimum absolute atomic E-state index is 0.261. The molecule has 2 aromatic carbocycles. The summed E-state index contributed by atoms with van der Waals surface area (Å²) in [6, 6.07) is 13.6. The number of nitro groups is 1. The molecule has 0 unspecified atom stereocenters. The maximum atomic E-state index is 13.2. The topological polar surface area (TPSA) is 96.7 Å². The molecule has 9 heteroatoms. The Bertz CT molecular complexity index is 1350. The van der Waals surface area contributed by atoms with Gasteiger partial charge in [-0.25, -0.2) is 8.42 Å². The van der Waals surface area contributed by atoms with Crippen LogP contribution in [0.1, 0.15) is 28.7 Å². The summed E-state index contributed by atoms with van der Waals surface area (Å²) in [6.07, 6.45) is 2.47. The van der Waals surface area contributed by atoms with Crippen LogP contribution < -0.4 is 0 Å². The number of likely N-dealkylation sites (N-methyl/N-ethyl adjacent to an activating group) is 1. The van der Waals surface area contributed by atoms with Crippen molar-refractivity contribution in [3.63, 3.8) is 0 Å². The van der Waals surface area contributed by atoms with Gasteiger partial charge < -0.3 is 0 Å². The number of nitrogens with zero attached hydrogens (tertiary/aromatic N) is 4. The van der Waals surface area contributed by atoms with Crippen LogP contribution in [0.15, 0.2) is 59.6 Å². The Hall–Kier alpha value is -3.14. The van der Waals surface area contributed by atoms with Gasteiger partial charge in [-0.3, -0.25) is 20.0 Å². The van der Waals surface area contributed by atoms with E-state index in [1.165, 1.54) is 52.3 Å². The first-order valence-corrected chi connectivity index (χ1v) is 13.0. The fourth-order valence-electron chi connectivity index (χ4n) is 4.60. The number of benzene rings is 2. The van der Waals surface area contributed by atoms with E-state index in [1.54, 1.807) is 0 Å². The predicted octanol–water partition coefficient (Wildman–Crippen LogP) is 4.48. The van der Waals surface area contributed by atoms with Gasteiger partial charge in [-0.2, -0.15) is 4.31 Å². The van der Waals surface area contributed by atoms with E-state index < -0.39 is 20.6 Å². The molecule has 2 heterocycles. The van der Waals surface area contributed by atoms with Gasteiger partial charge in [-0.05, 0) is 79.8 Å².